The lowest BCUT2D eigenvalue weighted by atomic mass is 10.2. The van der Waals surface area contributed by atoms with Crippen LogP contribution in [-0.2, 0) is 9.47 Å². The second kappa shape index (κ2) is 7.60. The second-order valence-corrected chi connectivity index (χ2v) is 7.07. The van der Waals surface area contributed by atoms with Crippen LogP contribution in [0, 0.1) is 0 Å². The van der Waals surface area contributed by atoms with Crippen LogP contribution < -0.4 is 5.19 Å². The summed E-state index contributed by atoms with van der Waals surface area (Å²) in [4.78, 5) is 2.50. The zero-order chi connectivity index (χ0) is 13.5. The average molecular weight is 276 g/mol. The van der Waals surface area contributed by atoms with Gasteiger partial charge in [-0.2, -0.15) is 0 Å². The molecule has 2 rings (SSSR count). The number of morpholine rings is 1. The molecule has 1 heterocycles. The summed E-state index contributed by atoms with van der Waals surface area (Å²) in [6.45, 7) is 7.70. The minimum Gasteiger partial charge on any atom is -0.388 e. The van der Waals surface area contributed by atoms with Gasteiger partial charge in [0.15, 0.2) is 0 Å². The van der Waals surface area contributed by atoms with Gasteiger partial charge in [-0.1, -0.05) is 42.1 Å². The maximum absolute atomic E-state index is 5.45. The molecule has 0 unspecified atom stereocenters. The number of hydrogen-bond acceptors (Lipinski definition) is 3. The molecule has 1 aliphatic heterocycles. The monoisotopic (exact) mass is 276 g/mol. The number of methoxy groups -OCH3 is 1. The number of hydrogen-bond donors (Lipinski definition) is 0. The number of rotatable bonds is 6. The highest BCUT2D eigenvalue weighted by atomic mass is 28.3. The first-order chi connectivity index (χ1) is 9.35. The van der Waals surface area contributed by atoms with Crippen molar-refractivity contribution in [3.8, 4) is 0 Å². The summed E-state index contributed by atoms with van der Waals surface area (Å²) in [5, 5.41) is 1.43. The Morgan fingerprint density at radius 2 is 2.11 bits per heavy atom. The molecule has 0 aliphatic carbocycles. The number of nitrogens with zero attached hydrogens (tertiary/aromatic N) is 1. The van der Waals surface area contributed by atoms with Crippen LogP contribution in [0.5, 0.6) is 0 Å². The molecule has 1 fully saturated rings. The third-order valence-electron chi connectivity index (χ3n) is 3.40. The van der Waals surface area contributed by atoms with Crippen molar-refractivity contribution < 1.29 is 9.47 Å². The van der Waals surface area contributed by atoms with Crippen molar-refractivity contribution in [1.29, 1.82) is 0 Å². The normalized spacial score (nSPS) is 16.7. The molecule has 4 heteroatoms. The van der Waals surface area contributed by atoms with Crippen molar-refractivity contribution in [1.82, 2.24) is 4.90 Å². The molecule has 0 aromatic heterocycles. The highest BCUT2D eigenvalue weighted by Gasteiger charge is 2.21. The Balaban J connectivity index is 2.11. The van der Waals surface area contributed by atoms with E-state index in [0.29, 0.717) is 0 Å². The van der Waals surface area contributed by atoms with E-state index in [9.17, 15) is 0 Å². The lowest BCUT2D eigenvalue weighted by Crippen LogP contribution is -2.50. The van der Waals surface area contributed by atoms with Crippen LogP contribution in [0.25, 0.3) is 6.08 Å². The molecule has 3 nitrogen and oxygen atoms in total. The summed E-state index contributed by atoms with van der Waals surface area (Å²) in [6, 6.07) is 8.55. The fraction of sp³-hybridized carbons (Fsp3) is 0.467. The Morgan fingerprint density at radius 1 is 1.37 bits per heavy atom. The molecule has 1 aromatic carbocycles. The molecule has 0 amide bonds. The molecule has 0 N–H and O–H groups in total. The third-order valence-corrected chi connectivity index (χ3v) is 6.08. The molecule has 0 atom stereocenters. The fourth-order valence-corrected chi connectivity index (χ4v) is 4.96. The SMILES string of the molecule is C=Cc1ccccc1[Si](COC)CN1CCOCC1. The van der Waals surface area contributed by atoms with Gasteiger partial charge in [0.2, 0.25) is 0 Å². The van der Waals surface area contributed by atoms with Crippen LogP contribution in [0.15, 0.2) is 30.8 Å². The Hall–Kier alpha value is -0.943. The first-order valence-corrected chi connectivity index (χ1v) is 8.62. The number of benzene rings is 1. The van der Waals surface area contributed by atoms with Gasteiger partial charge in [0.05, 0.1) is 13.2 Å². The van der Waals surface area contributed by atoms with E-state index in [0.717, 1.165) is 38.7 Å². The molecule has 0 saturated carbocycles. The van der Waals surface area contributed by atoms with Gasteiger partial charge in [-0.05, 0) is 11.7 Å². The van der Waals surface area contributed by atoms with Crippen molar-refractivity contribution >= 4 is 20.1 Å². The van der Waals surface area contributed by atoms with Crippen molar-refractivity contribution in [2.45, 2.75) is 0 Å². The van der Waals surface area contributed by atoms with Gasteiger partial charge < -0.3 is 14.4 Å². The molecular weight excluding hydrogens is 254 g/mol. The summed E-state index contributed by atoms with van der Waals surface area (Å²) in [5.41, 5.74) is 1.25. The van der Waals surface area contributed by atoms with Crippen molar-refractivity contribution in [3.63, 3.8) is 0 Å². The smallest absolute Gasteiger partial charge is 0.132 e. The minimum atomic E-state index is -0.737. The predicted octanol–water partition coefficient (Wildman–Crippen LogP) is 1.09. The van der Waals surface area contributed by atoms with Gasteiger partial charge >= 0.3 is 0 Å². The van der Waals surface area contributed by atoms with E-state index in [1.54, 1.807) is 7.11 Å². The van der Waals surface area contributed by atoms with Crippen LogP contribution in [0.3, 0.4) is 0 Å². The van der Waals surface area contributed by atoms with Crippen LogP contribution >= 0.6 is 0 Å². The summed E-state index contributed by atoms with van der Waals surface area (Å²) >= 11 is 0. The standard InChI is InChI=1S/C15H22NO2Si/c1-3-14-6-4-5-7-15(14)19(13-17-2)12-16-8-10-18-11-9-16/h3-7H,1,8-13H2,2H3. The summed E-state index contributed by atoms with van der Waals surface area (Å²) in [5.74, 6) is 0. The van der Waals surface area contributed by atoms with E-state index in [1.807, 2.05) is 6.08 Å². The predicted molar refractivity (Wildman–Crippen MR) is 81.1 cm³/mol. The van der Waals surface area contributed by atoms with Gasteiger partial charge in [0, 0.05) is 26.4 Å². The number of ether oxygens (including phenoxy) is 2. The van der Waals surface area contributed by atoms with Crippen molar-refractivity contribution in [2.24, 2.45) is 0 Å². The van der Waals surface area contributed by atoms with E-state index < -0.39 is 8.80 Å². The molecule has 1 aromatic rings. The van der Waals surface area contributed by atoms with Crippen LogP contribution in [0.2, 0.25) is 0 Å². The first kappa shape index (κ1) is 14.5. The van der Waals surface area contributed by atoms with Crippen molar-refractivity contribution in [3.05, 3.63) is 36.4 Å². The van der Waals surface area contributed by atoms with E-state index in [1.165, 1.54) is 10.8 Å². The zero-order valence-corrected chi connectivity index (χ0v) is 12.6. The lowest BCUT2D eigenvalue weighted by molar-refractivity contribution is 0.0456. The van der Waals surface area contributed by atoms with Crippen LogP contribution in [0.4, 0.5) is 0 Å². The van der Waals surface area contributed by atoms with E-state index >= 15 is 0 Å². The van der Waals surface area contributed by atoms with Gasteiger partial charge in [-0.3, -0.25) is 0 Å². The Kier molecular flexibility index (Phi) is 5.79. The topological polar surface area (TPSA) is 21.7 Å². The first-order valence-electron chi connectivity index (χ1n) is 6.70. The molecule has 19 heavy (non-hydrogen) atoms. The lowest BCUT2D eigenvalue weighted by Gasteiger charge is -2.30. The van der Waals surface area contributed by atoms with E-state index in [-0.39, 0.29) is 0 Å². The van der Waals surface area contributed by atoms with Crippen LogP contribution in [0.1, 0.15) is 5.56 Å². The molecule has 1 radical (unpaired) electrons. The molecular formula is C15H22NO2Si. The van der Waals surface area contributed by atoms with Gasteiger partial charge in [0.1, 0.15) is 8.80 Å². The largest absolute Gasteiger partial charge is 0.388 e. The Morgan fingerprint density at radius 3 is 2.79 bits per heavy atom. The summed E-state index contributed by atoms with van der Waals surface area (Å²) < 4.78 is 10.9. The summed E-state index contributed by atoms with van der Waals surface area (Å²) in [6.07, 6.45) is 3.91. The fourth-order valence-electron chi connectivity index (χ4n) is 2.41. The van der Waals surface area contributed by atoms with Crippen molar-refractivity contribution in [2.75, 3.05) is 45.8 Å². The average Bonchev–Trinajstić information content (AvgIpc) is 2.48. The van der Waals surface area contributed by atoms with E-state index in [2.05, 4.69) is 35.7 Å². The van der Waals surface area contributed by atoms with Crippen LogP contribution in [-0.4, -0.2) is 59.5 Å². The molecule has 0 bridgehead atoms. The molecule has 0 spiro atoms. The maximum Gasteiger partial charge on any atom is 0.132 e. The maximum atomic E-state index is 5.45. The Labute approximate surface area is 117 Å². The quantitative estimate of drug-likeness (QED) is 0.726. The summed E-state index contributed by atoms with van der Waals surface area (Å²) in [7, 11) is 1.06. The van der Waals surface area contributed by atoms with Gasteiger partial charge in [-0.25, -0.2) is 0 Å². The zero-order valence-electron chi connectivity index (χ0n) is 11.6. The van der Waals surface area contributed by atoms with E-state index in [4.69, 9.17) is 9.47 Å². The second-order valence-electron chi connectivity index (χ2n) is 4.72. The third kappa shape index (κ3) is 4.01. The highest BCUT2D eigenvalue weighted by molar-refractivity contribution is 6.74. The molecule has 1 aliphatic rings. The van der Waals surface area contributed by atoms with Gasteiger partial charge in [-0.15, -0.1) is 0 Å². The van der Waals surface area contributed by atoms with Gasteiger partial charge in [0.25, 0.3) is 0 Å². The highest BCUT2D eigenvalue weighted by Crippen LogP contribution is 2.04. The molecule has 1 saturated heterocycles. The Bertz CT molecular complexity index is 405. The minimum absolute atomic E-state index is 0.737. The molecule has 103 valence electrons.